The van der Waals surface area contributed by atoms with Crippen LogP contribution in [-0.4, -0.2) is 16.3 Å². The highest BCUT2D eigenvalue weighted by Gasteiger charge is 2.09. The summed E-state index contributed by atoms with van der Waals surface area (Å²) in [6, 6.07) is 9.34. The molecule has 0 spiro atoms. The van der Waals surface area contributed by atoms with E-state index in [4.69, 9.17) is 9.52 Å². The van der Waals surface area contributed by atoms with Crippen molar-refractivity contribution in [2.75, 3.05) is 6.61 Å². The van der Waals surface area contributed by atoms with Crippen LogP contribution in [-0.2, 0) is 6.54 Å². The Morgan fingerprint density at radius 3 is 3.05 bits per heavy atom. The summed E-state index contributed by atoms with van der Waals surface area (Å²) in [4.78, 5) is 12.9. The highest BCUT2D eigenvalue weighted by Crippen LogP contribution is 2.18. The fraction of sp³-hybridized carbons (Fsp3) is 0.188. The van der Waals surface area contributed by atoms with Crippen LogP contribution in [0.4, 0.5) is 0 Å². The molecule has 0 amide bonds. The van der Waals surface area contributed by atoms with Crippen molar-refractivity contribution < 1.29 is 9.52 Å². The Kier molecular flexibility index (Phi) is 3.91. The molecule has 0 radical (unpaired) electrons. The predicted molar refractivity (Wildman–Crippen MR) is 82.5 cm³/mol. The van der Waals surface area contributed by atoms with Gasteiger partial charge in [0, 0.05) is 22.2 Å². The minimum atomic E-state index is -0.350. The SMILES string of the molecule is O=c1oc2ccccc2n1Cc1cc(C#CCCO)cs1. The van der Waals surface area contributed by atoms with Crippen LogP contribution in [0, 0.1) is 11.8 Å². The molecule has 2 aromatic heterocycles. The van der Waals surface area contributed by atoms with Gasteiger partial charge < -0.3 is 9.52 Å². The van der Waals surface area contributed by atoms with Gasteiger partial charge in [-0.1, -0.05) is 24.0 Å². The molecule has 0 aliphatic heterocycles. The normalized spacial score (nSPS) is 10.5. The Morgan fingerprint density at radius 2 is 2.19 bits per heavy atom. The number of aliphatic hydroxyl groups excluding tert-OH is 1. The van der Waals surface area contributed by atoms with E-state index in [1.165, 1.54) is 0 Å². The van der Waals surface area contributed by atoms with Crippen LogP contribution in [0.15, 0.2) is 44.9 Å². The molecule has 1 aromatic carbocycles. The standard InChI is InChI=1S/C16H13NO3S/c18-8-4-3-5-12-9-13(21-11-12)10-17-14-6-1-2-7-15(14)20-16(17)19/h1-2,6-7,9,11,18H,4,8,10H2. The van der Waals surface area contributed by atoms with Crippen molar-refractivity contribution in [1.82, 2.24) is 4.57 Å². The lowest BCUT2D eigenvalue weighted by Crippen LogP contribution is -2.14. The largest absolute Gasteiger partial charge is 0.420 e. The minimum Gasteiger partial charge on any atom is -0.408 e. The molecule has 3 rings (SSSR count). The molecule has 0 saturated carbocycles. The third kappa shape index (κ3) is 2.92. The van der Waals surface area contributed by atoms with E-state index in [0.29, 0.717) is 18.5 Å². The second kappa shape index (κ2) is 6.00. The first-order valence-electron chi connectivity index (χ1n) is 6.53. The summed E-state index contributed by atoms with van der Waals surface area (Å²) in [7, 11) is 0. The topological polar surface area (TPSA) is 55.4 Å². The van der Waals surface area contributed by atoms with Crippen LogP contribution >= 0.6 is 11.3 Å². The highest BCUT2D eigenvalue weighted by molar-refractivity contribution is 7.10. The van der Waals surface area contributed by atoms with Crippen molar-refractivity contribution in [3.63, 3.8) is 0 Å². The maximum Gasteiger partial charge on any atom is 0.420 e. The molecule has 4 nitrogen and oxygen atoms in total. The summed E-state index contributed by atoms with van der Waals surface area (Å²) in [5.41, 5.74) is 2.30. The number of oxazole rings is 1. The van der Waals surface area contributed by atoms with Gasteiger partial charge in [0.15, 0.2) is 5.58 Å². The van der Waals surface area contributed by atoms with Crippen LogP contribution in [0.1, 0.15) is 16.9 Å². The third-order valence-corrected chi connectivity index (χ3v) is 3.93. The van der Waals surface area contributed by atoms with Crippen molar-refractivity contribution in [3.05, 3.63) is 56.7 Å². The molecule has 21 heavy (non-hydrogen) atoms. The van der Waals surface area contributed by atoms with Crippen molar-refractivity contribution in [1.29, 1.82) is 0 Å². The summed E-state index contributed by atoms with van der Waals surface area (Å²) < 4.78 is 6.83. The van der Waals surface area contributed by atoms with Crippen molar-refractivity contribution in [2.24, 2.45) is 0 Å². The number of aromatic nitrogens is 1. The molecule has 106 valence electrons. The molecule has 0 atom stereocenters. The highest BCUT2D eigenvalue weighted by atomic mass is 32.1. The smallest absolute Gasteiger partial charge is 0.408 e. The summed E-state index contributed by atoms with van der Waals surface area (Å²) in [6.07, 6.45) is 0.469. The van der Waals surface area contributed by atoms with Gasteiger partial charge in [-0.25, -0.2) is 4.79 Å². The van der Waals surface area contributed by atoms with Crippen molar-refractivity contribution in [2.45, 2.75) is 13.0 Å². The van der Waals surface area contributed by atoms with E-state index < -0.39 is 0 Å². The van der Waals surface area contributed by atoms with Gasteiger partial charge in [0.1, 0.15) is 0 Å². The number of benzene rings is 1. The second-order valence-electron chi connectivity index (χ2n) is 4.50. The van der Waals surface area contributed by atoms with E-state index >= 15 is 0 Å². The number of thiophene rings is 1. The van der Waals surface area contributed by atoms with E-state index in [-0.39, 0.29) is 12.4 Å². The first-order valence-corrected chi connectivity index (χ1v) is 7.41. The number of fused-ring (bicyclic) bond motifs is 1. The first-order chi connectivity index (χ1) is 10.3. The van der Waals surface area contributed by atoms with Crippen LogP contribution < -0.4 is 5.76 Å². The lowest BCUT2D eigenvalue weighted by atomic mass is 10.3. The van der Waals surface area contributed by atoms with Gasteiger partial charge >= 0.3 is 5.76 Å². The quantitative estimate of drug-likeness (QED) is 0.756. The number of hydrogen-bond donors (Lipinski definition) is 1. The maximum atomic E-state index is 11.9. The Bertz CT molecular complexity index is 876. The average molecular weight is 299 g/mol. The van der Waals surface area contributed by atoms with Crippen LogP contribution in [0.5, 0.6) is 0 Å². The lowest BCUT2D eigenvalue weighted by molar-refractivity contribution is 0.305. The molecule has 1 N–H and O–H groups in total. The molecule has 0 saturated heterocycles. The molecule has 0 bridgehead atoms. The number of aliphatic hydroxyl groups is 1. The van der Waals surface area contributed by atoms with Crippen LogP contribution in [0.3, 0.4) is 0 Å². The van der Waals surface area contributed by atoms with E-state index in [2.05, 4.69) is 11.8 Å². The molecule has 0 aliphatic rings. The summed E-state index contributed by atoms with van der Waals surface area (Å²) in [5, 5.41) is 10.7. The zero-order valence-electron chi connectivity index (χ0n) is 11.2. The van der Waals surface area contributed by atoms with Gasteiger partial charge in [-0.2, -0.15) is 0 Å². The van der Waals surface area contributed by atoms with Gasteiger partial charge in [0.05, 0.1) is 18.7 Å². The Morgan fingerprint density at radius 1 is 1.33 bits per heavy atom. The zero-order valence-corrected chi connectivity index (χ0v) is 12.0. The number of para-hydroxylation sites is 2. The second-order valence-corrected chi connectivity index (χ2v) is 5.49. The van der Waals surface area contributed by atoms with Gasteiger partial charge in [-0.05, 0) is 18.2 Å². The molecule has 2 heterocycles. The molecule has 0 fully saturated rings. The van der Waals surface area contributed by atoms with Crippen LogP contribution in [0.2, 0.25) is 0 Å². The molecule has 3 aromatic rings. The average Bonchev–Trinajstić information content (AvgIpc) is 3.05. The van der Waals surface area contributed by atoms with Gasteiger partial charge in [0.25, 0.3) is 0 Å². The number of rotatable bonds is 3. The molecule has 0 aliphatic carbocycles. The predicted octanol–water partition coefficient (Wildman–Crippen LogP) is 2.44. The lowest BCUT2D eigenvalue weighted by Gasteiger charge is -1.98. The molecule has 5 heteroatoms. The summed E-state index contributed by atoms with van der Waals surface area (Å²) >= 11 is 1.56. The Hall–Kier alpha value is -2.29. The summed E-state index contributed by atoms with van der Waals surface area (Å²) in [6.45, 7) is 0.544. The number of hydrogen-bond acceptors (Lipinski definition) is 4. The van der Waals surface area contributed by atoms with Gasteiger partial charge in [-0.3, -0.25) is 4.57 Å². The van der Waals surface area contributed by atoms with E-state index in [1.807, 2.05) is 29.6 Å². The maximum absolute atomic E-state index is 11.9. The molecular formula is C16H13NO3S. The molecular weight excluding hydrogens is 286 g/mol. The monoisotopic (exact) mass is 299 g/mol. The first kappa shape index (κ1) is 13.7. The zero-order chi connectivity index (χ0) is 14.7. The fourth-order valence-corrected chi connectivity index (χ4v) is 2.87. The third-order valence-electron chi connectivity index (χ3n) is 3.01. The number of nitrogens with zero attached hydrogens (tertiary/aromatic N) is 1. The van der Waals surface area contributed by atoms with Crippen molar-refractivity contribution in [3.8, 4) is 11.8 Å². The Balaban J connectivity index is 1.88. The van der Waals surface area contributed by atoms with Gasteiger partial charge in [0.2, 0.25) is 0 Å². The van der Waals surface area contributed by atoms with E-state index in [1.54, 1.807) is 22.0 Å². The van der Waals surface area contributed by atoms with E-state index in [9.17, 15) is 4.79 Å². The van der Waals surface area contributed by atoms with Gasteiger partial charge in [-0.15, -0.1) is 11.3 Å². The minimum absolute atomic E-state index is 0.0698. The molecule has 0 unspecified atom stereocenters. The van der Waals surface area contributed by atoms with E-state index in [0.717, 1.165) is 16.0 Å². The van der Waals surface area contributed by atoms with Crippen molar-refractivity contribution >= 4 is 22.4 Å². The summed E-state index contributed by atoms with van der Waals surface area (Å²) in [5.74, 6) is 5.52. The fourth-order valence-electron chi connectivity index (χ4n) is 2.07. The van der Waals surface area contributed by atoms with Crippen LogP contribution in [0.25, 0.3) is 11.1 Å². The Labute approximate surface area is 125 Å².